The third-order valence-corrected chi connectivity index (χ3v) is 3.63. The van der Waals surface area contributed by atoms with Crippen molar-refractivity contribution in [1.29, 1.82) is 0 Å². The number of benzene rings is 2. The second kappa shape index (κ2) is 7.89. The molecule has 27 heavy (non-hydrogen) atoms. The highest BCUT2D eigenvalue weighted by Crippen LogP contribution is 2.36. The maximum atomic E-state index is 12.8. The van der Waals surface area contributed by atoms with Crippen molar-refractivity contribution in [2.45, 2.75) is 32.2 Å². The van der Waals surface area contributed by atoms with Crippen LogP contribution in [0, 0.1) is 0 Å². The van der Waals surface area contributed by atoms with Crippen LogP contribution in [0.25, 0.3) is 0 Å². The Morgan fingerprint density at radius 2 is 1.41 bits per heavy atom. The second-order valence-corrected chi connectivity index (χ2v) is 5.65. The van der Waals surface area contributed by atoms with Gasteiger partial charge in [0.05, 0.1) is 11.1 Å². The fourth-order valence-electron chi connectivity index (χ4n) is 2.23. The number of amides is 1. The summed E-state index contributed by atoms with van der Waals surface area (Å²) < 4.78 is 81.8. The molecule has 0 aliphatic rings. The molecule has 0 aliphatic carbocycles. The summed E-state index contributed by atoms with van der Waals surface area (Å²) in [6.45, 7) is 1.38. The molecule has 2 aromatic rings. The summed E-state index contributed by atoms with van der Waals surface area (Å²) in [7, 11) is 0. The largest absolute Gasteiger partial charge is 0.416 e. The summed E-state index contributed by atoms with van der Waals surface area (Å²) in [5.74, 6) is 0.199. The molecule has 0 saturated heterocycles. The molecule has 0 radical (unpaired) electrons. The van der Waals surface area contributed by atoms with E-state index in [1.54, 1.807) is 12.1 Å². The van der Waals surface area contributed by atoms with E-state index in [0.717, 1.165) is 12.0 Å². The Hall–Kier alpha value is -2.71. The topological polar surface area (TPSA) is 38.3 Å². The van der Waals surface area contributed by atoms with E-state index in [0.29, 0.717) is 12.1 Å². The Morgan fingerprint density at radius 1 is 0.889 bits per heavy atom. The van der Waals surface area contributed by atoms with Gasteiger partial charge in [-0.2, -0.15) is 26.3 Å². The number of hydrogen-bond donors (Lipinski definition) is 1. The van der Waals surface area contributed by atoms with E-state index in [9.17, 15) is 31.1 Å². The first kappa shape index (κ1) is 20.6. The maximum absolute atomic E-state index is 12.8. The lowest BCUT2D eigenvalue weighted by Crippen LogP contribution is -2.26. The van der Waals surface area contributed by atoms with Gasteiger partial charge < -0.3 is 10.1 Å². The number of nitrogens with one attached hydrogen (secondary N) is 1. The van der Waals surface area contributed by atoms with E-state index in [2.05, 4.69) is 5.32 Å². The van der Waals surface area contributed by atoms with Crippen LogP contribution in [0.15, 0.2) is 42.5 Å². The van der Waals surface area contributed by atoms with Crippen LogP contribution in [0.5, 0.6) is 5.75 Å². The molecule has 146 valence electrons. The average Bonchev–Trinajstić information content (AvgIpc) is 2.59. The summed E-state index contributed by atoms with van der Waals surface area (Å²) in [5.41, 5.74) is -2.24. The zero-order valence-corrected chi connectivity index (χ0v) is 14.0. The molecule has 0 spiro atoms. The van der Waals surface area contributed by atoms with Gasteiger partial charge in [0.1, 0.15) is 5.75 Å². The Labute approximate surface area is 150 Å². The number of rotatable bonds is 4. The van der Waals surface area contributed by atoms with Crippen molar-refractivity contribution in [2.75, 3.05) is 0 Å². The number of halogens is 6. The number of ether oxygens (including phenoxy) is 1. The molecular formula is C18H15F6NO2. The predicted molar refractivity (Wildman–Crippen MR) is 85.1 cm³/mol. The fourth-order valence-corrected chi connectivity index (χ4v) is 2.23. The van der Waals surface area contributed by atoms with Crippen LogP contribution in [-0.4, -0.2) is 6.09 Å². The van der Waals surface area contributed by atoms with E-state index in [-0.39, 0.29) is 17.4 Å². The number of carbonyl (C=O) groups is 1. The number of alkyl halides is 6. The molecule has 2 aromatic carbocycles. The average molecular weight is 391 g/mol. The van der Waals surface area contributed by atoms with Gasteiger partial charge in [-0.3, -0.25) is 0 Å². The molecule has 0 heterocycles. The zero-order valence-electron chi connectivity index (χ0n) is 14.0. The minimum absolute atomic E-state index is 0.0249. The molecule has 0 saturated carbocycles. The monoisotopic (exact) mass is 391 g/mol. The van der Waals surface area contributed by atoms with Crippen LogP contribution in [0.2, 0.25) is 0 Å². The molecule has 1 amide bonds. The van der Waals surface area contributed by atoms with Crippen molar-refractivity contribution >= 4 is 6.09 Å². The van der Waals surface area contributed by atoms with Gasteiger partial charge in [-0.25, -0.2) is 4.79 Å². The molecule has 1 N–H and O–H groups in total. The Balaban J connectivity index is 2.10. The van der Waals surface area contributed by atoms with Crippen LogP contribution >= 0.6 is 0 Å². The quantitative estimate of drug-likeness (QED) is 0.692. The number of hydrogen-bond acceptors (Lipinski definition) is 2. The number of aryl methyl sites for hydroxylation is 1. The summed E-state index contributed by atoms with van der Waals surface area (Å²) in [6, 6.07) is 7.64. The van der Waals surface area contributed by atoms with Gasteiger partial charge in [0.2, 0.25) is 0 Å². The van der Waals surface area contributed by atoms with Gasteiger partial charge in [-0.05, 0) is 47.9 Å². The minimum Gasteiger partial charge on any atom is -0.410 e. The van der Waals surface area contributed by atoms with E-state index >= 15 is 0 Å². The highest BCUT2D eigenvalue weighted by atomic mass is 19.4. The van der Waals surface area contributed by atoms with Crippen LogP contribution in [0.4, 0.5) is 31.1 Å². The lowest BCUT2D eigenvalue weighted by atomic mass is 10.0. The minimum atomic E-state index is -4.95. The van der Waals surface area contributed by atoms with Gasteiger partial charge in [-0.15, -0.1) is 0 Å². The fraction of sp³-hybridized carbons (Fsp3) is 0.278. The molecule has 3 nitrogen and oxygen atoms in total. The molecule has 0 unspecified atom stereocenters. The van der Waals surface area contributed by atoms with Gasteiger partial charge in [0.15, 0.2) is 0 Å². The summed E-state index contributed by atoms with van der Waals surface area (Å²) in [5, 5.41) is 2.14. The summed E-state index contributed by atoms with van der Waals surface area (Å²) in [6.07, 6.45) is -10.1. The lowest BCUT2D eigenvalue weighted by Gasteiger charge is -2.14. The third-order valence-electron chi connectivity index (χ3n) is 3.63. The molecule has 0 aromatic heterocycles. The second-order valence-electron chi connectivity index (χ2n) is 5.65. The van der Waals surface area contributed by atoms with Crippen LogP contribution in [0.1, 0.15) is 29.2 Å². The van der Waals surface area contributed by atoms with Crippen molar-refractivity contribution in [2.24, 2.45) is 0 Å². The Morgan fingerprint density at radius 3 is 1.85 bits per heavy atom. The first-order valence-electron chi connectivity index (χ1n) is 7.82. The third kappa shape index (κ3) is 5.90. The maximum Gasteiger partial charge on any atom is 0.416 e. The first-order chi connectivity index (χ1) is 12.5. The van der Waals surface area contributed by atoms with E-state index in [1.807, 2.05) is 6.92 Å². The molecule has 0 fully saturated rings. The van der Waals surface area contributed by atoms with Crippen LogP contribution in [-0.2, 0) is 25.3 Å². The van der Waals surface area contributed by atoms with E-state index in [1.165, 1.54) is 12.1 Å². The number of carbonyl (C=O) groups excluding carboxylic acids is 1. The molecular weight excluding hydrogens is 376 g/mol. The Bertz CT molecular complexity index is 765. The van der Waals surface area contributed by atoms with E-state index < -0.39 is 36.1 Å². The predicted octanol–water partition coefficient (Wildman–Crippen LogP) is 5.58. The highest BCUT2D eigenvalue weighted by Gasteiger charge is 2.36. The van der Waals surface area contributed by atoms with Gasteiger partial charge in [-0.1, -0.05) is 19.1 Å². The highest BCUT2D eigenvalue weighted by molar-refractivity contribution is 5.70. The zero-order chi connectivity index (χ0) is 20.2. The smallest absolute Gasteiger partial charge is 0.410 e. The molecule has 0 bridgehead atoms. The van der Waals surface area contributed by atoms with Gasteiger partial charge in [0, 0.05) is 6.54 Å². The van der Waals surface area contributed by atoms with Crippen molar-refractivity contribution in [1.82, 2.24) is 5.32 Å². The van der Waals surface area contributed by atoms with Crippen LogP contribution in [0.3, 0.4) is 0 Å². The SMILES string of the molecule is CCc1ccc(OC(=O)NCc2cc(C(F)(F)F)cc(C(F)(F)F)c2)cc1. The Kier molecular flexibility index (Phi) is 6.02. The normalized spacial score (nSPS) is 12.0. The standard InChI is InChI=1S/C18H15F6NO2/c1-2-11-3-5-15(6-4-11)27-16(26)25-10-12-7-13(17(19,20)21)9-14(8-12)18(22,23)24/h3-9H,2,10H2,1H3,(H,25,26). The first-order valence-corrected chi connectivity index (χ1v) is 7.82. The van der Waals surface area contributed by atoms with Crippen molar-refractivity contribution in [3.05, 3.63) is 64.7 Å². The molecule has 2 rings (SSSR count). The van der Waals surface area contributed by atoms with Gasteiger partial charge in [0.25, 0.3) is 0 Å². The summed E-state index contributed by atoms with van der Waals surface area (Å²) in [4.78, 5) is 11.7. The lowest BCUT2D eigenvalue weighted by molar-refractivity contribution is -0.143. The molecule has 9 heteroatoms. The van der Waals surface area contributed by atoms with Crippen LogP contribution < -0.4 is 10.1 Å². The molecule has 0 atom stereocenters. The molecule has 0 aliphatic heterocycles. The van der Waals surface area contributed by atoms with Gasteiger partial charge >= 0.3 is 18.4 Å². The van der Waals surface area contributed by atoms with Crippen molar-refractivity contribution in [3.8, 4) is 5.75 Å². The van der Waals surface area contributed by atoms with Crippen molar-refractivity contribution in [3.63, 3.8) is 0 Å². The van der Waals surface area contributed by atoms with Crippen molar-refractivity contribution < 1.29 is 35.9 Å². The summed E-state index contributed by atoms with van der Waals surface area (Å²) >= 11 is 0. The van der Waals surface area contributed by atoms with E-state index in [4.69, 9.17) is 4.74 Å².